The van der Waals surface area contributed by atoms with Crippen molar-refractivity contribution in [3.05, 3.63) is 0 Å². The standard InChI is InChI=1S/C15H24N2O4/c1-9(12-6-3-7-21-12)16-15(20)17-8-10-4-2-5-11(10)13(17)14(18)19/h9-13H,2-8H2,1H3,(H,16,20)(H,18,19). The van der Waals surface area contributed by atoms with Gasteiger partial charge in [-0.25, -0.2) is 9.59 Å². The lowest BCUT2D eigenvalue weighted by molar-refractivity contribution is -0.142. The molecule has 5 unspecified atom stereocenters. The molecule has 0 aromatic rings. The Kier molecular flexibility index (Phi) is 4.06. The van der Waals surface area contributed by atoms with Crippen LogP contribution < -0.4 is 5.32 Å². The number of fused-ring (bicyclic) bond motifs is 1. The molecule has 1 saturated carbocycles. The van der Waals surface area contributed by atoms with Crippen molar-refractivity contribution in [3.8, 4) is 0 Å². The van der Waals surface area contributed by atoms with E-state index in [9.17, 15) is 14.7 Å². The number of hydrogen-bond donors (Lipinski definition) is 2. The minimum absolute atomic E-state index is 0.0549. The number of carboxylic acids is 1. The molecule has 6 nitrogen and oxygen atoms in total. The fourth-order valence-corrected chi connectivity index (χ4v) is 4.20. The lowest BCUT2D eigenvalue weighted by Gasteiger charge is -2.28. The van der Waals surface area contributed by atoms with Gasteiger partial charge < -0.3 is 20.1 Å². The van der Waals surface area contributed by atoms with Gasteiger partial charge in [-0.2, -0.15) is 0 Å². The molecule has 0 radical (unpaired) electrons. The maximum atomic E-state index is 12.5. The van der Waals surface area contributed by atoms with Gasteiger partial charge >= 0.3 is 12.0 Å². The molecule has 118 valence electrons. The Morgan fingerprint density at radius 3 is 2.76 bits per heavy atom. The van der Waals surface area contributed by atoms with Gasteiger partial charge in [-0.05, 0) is 44.4 Å². The number of ether oxygens (including phenoxy) is 1. The van der Waals surface area contributed by atoms with Crippen LogP contribution in [0.5, 0.6) is 0 Å². The minimum Gasteiger partial charge on any atom is -0.480 e. The van der Waals surface area contributed by atoms with E-state index >= 15 is 0 Å². The minimum atomic E-state index is -0.871. The number of rotatable bonds is 3. The molecule has 3 fully saturated rings. The molecule has 0 aromatic heterocycles. The Morgan fingerprint density at radius 1 is 1.29 bits per heavy atom. The summed E-state index contributed by atoms with van der Waals surface area (Å²) in [7, 11) is 0. The third kappa shape index (κ3) is 2.73. The number of urea groups is 1. The third-order valence-electron chi connectivity index (χ3n) is 5.28. The van der Waals surface area contributed by atoms with Crippen LogP contribution in [0, 0.1) is 11.8 Å². The maximum Gasteiger partial charge on any atom is 0.326 e. The van der Waals surface area contributed by atoms with Gasteiger partial charge in [-0.3, -0.25) is 0 Å². The van der Waals surface area contributed by atoms with E-state index in [1.54, 1.807) is 0 Å². The van der Waals surface area contributed by atoms with Gasteiger partial charge in [0.2, 0.25) is 0 Å². The molecular formula is C15H24N2O4. The fraction of sp³-hybridized carbons (Fsp3) is 0.867. The second-order valence-electron chi connectivity index (χ2n) is 6.58. The molecular weight excluding hydrogens is 272 g/mol. The van der Waals surface area contributed by atoms with Gasteiger partial charge in [0.1, 0.15) is 6.04 Å². The van der Waals surface area contributed by atoms with Gasteiger partial charge in [-0.1, -0.05) is 6.42 Å². The number of nitrogens with one attached hydrogen (secondary N) is 1. The molecule has 1 aliphatic carbocycles. The highest BCUT2D eigenvalue weighted by Crippen LogP contribution is 2.42. The molecule has 2 aliphatic heterocycles. The molecule has 2 saturated heterocycles. The molecule has 2 heterocycles. The zero-order valence-corrected chi connectivity index (χ0v) is 12.5. The first-order valence-electron chi connectivity index (χ1n) is 7.99. The number of carboxylic acid groups (broad SMARTS) is 1. The molecule has 0 bridgehead atoms. The number of carbonyl (C=O) groups is 2. The SMILES string of the molecule is CC(NC(=O)N1CC2CCCC2C1C(=O)O)C1CCCO1. The number of nitrogens with zero attached hydrogens (tertiary/aromatic N) is 1. The van der Waals surface area contributed by atoms with E-state index in [1.165, 1.54) is 4.90 Å². The van der Waals surface area contributed by atoms with E-state index in [-0.39, 0.29) is 24.1 Å². The lowest BCUT2D eigenvalue weighted by Crippen LogP contribution is -2.52. The molecule has 5 atom stereocenters. The fourth-order valence-electron chi connectivity index (χ4n) is 4.20. The van der Waals surface area contributed by atoms with E-state index in [0.29, 0.717) is 12.5 Å². The summed E-state index contributed by atoms with van der Waals surface area (Å²) < 4.78 is 5.58. The second-order valence-corrected chi connectivity index (χ2v) is 6.58. The molecule has 0 aromatic carbocycles. The van der Waals surface area contributed by atoms with Gasteiger partial charge in [0, 0.05) is 13.2 Å². The highest BCUT2D eigenvalue weighted by molar-refractivity contribution is 5.84. The van der Waals surface area contributed by atoms with Gasteiger partial charge in [-0.15, -0.1) is 0 Å². The van der Waals surface area contributed by atoms with E-state index in [0.717, 1.165) is 38.7 Å². The van der Waals surface area contributed by atoms with Crippen molar-refractivity contribution >= 4 is 12.0 Å². The number of likely N-dealkylation sites (tertiary alicyclic amines) is 1. The largest absolute Gasteiger partial charge is 0.480 e. The first-order valence-corrected chi connectivity index (χ1v) is 7.99. The monoisotopic (exact) mass is 296 g/mol. The van der Waals surface area contributed by atoms with Gasteiger partial charge in [0.25, 0.3) is 0 Å². The summed E-state index contributed by atoms with van der Waals surface area (Å²) in [4.78, 5) is 25.5. The van der Waals surface area contributed by atoms with Gasteiger partial charge in [0.05, 0.1) is 12.1 Å². The van der Waals surface area contributed by atoms with Crippen LogP contribution in [0.3, 0.4) is 0 Å². The molecule has 0 spiro atoms. The summed E-state index contributed by atoms with van der Waals surface area (Å²) >= 11 is 0. The molecule has 2 amide bonds. The normalized spacial score (nSPS) is 36.5. The van der Waals surface area contributed by atoms with Crippen LogP contribution in [0.4, 0.5) is 4.79 Å². The average molecular weight is 296 g/mol. The number of amides is 2. The Balaban J connectivity index is 1.64. The van der Waals surface area contributed by atoms with Crippen LogP contribution in [0.2, 0.25) is 0 Å². The highest BCUT2D eigenvalue weighted by Gasteiger charge is 2.49. The summed E-state index contributed by atoms with van der Waals surface area (Å²) in [6, 6.07) is -0.983. The third-order valence-corrected chi connectivity index (χ3v) is 5.28. The molecule has 6 heteroatoms. The second kappa shape index (κ2) is 5.83. The zero-order valence-electron chi connectivity index (χ0n) is 12.5. The van der Waals surface area contributed by atoms with E-state index in [2.05, 4.69) is 5.32 Å². The van der Waals surface area contributed by atoms with Crippen molar-refractivity contribution in [1.29, 1.82) is 0 Å². The van der Waals surface area contributed by atoms with E-state index < -0.39 is 12.0 Å². The highest BCUT2D eigenvalue weighted by atomic mass is 16.5. The summed E-state index contributed by atoms with van der Waals surface area (Å²) in [5.41, 5.74) is 0. The maximum absolute atomic E-state index is 12.5. The van der Waals surface area contributed by atoms with Crippen LogP contribution in [0.15, 0.2) is 0 Å². The van der Waals surface area contributed by atoms with Crippen molar-refractivity contribution in [2.45, 2.75) is 57.2 Å². The first-order chi connectivity index (χ1) is 10.1. The van der Waals surface area contributed by atoms with Crippen LogP contribution in [0.1, 0.15) is 39.0 Å². The van der Waals surface area contributed by atoms with Gasteiger partial charge in [0.15, 0.2) is 0 Å². The molecule has 2 N–H and O–H groups in total. The van der Waals surface area contributed by atoms with Crippen LogP contribution in [-0.4, -0.2) is 53.3 Å². The molecule has 21 heavy (non-hydrogen) atoms. The summed E-state index contributed by atoms with van der Waals surface area (Å²) in [6.45, 7) is 3.25. The van der Waals surface area contributed by atoms with Crippen molar-refractivity contribution in [2.75, 3.05) is 13.2 Å². The quantitative estimate of drug-likeness (QED) is 0.826. The molecule has 3 aliphatic rings. The van der Waals surface area contributed by atoms with Crippen LogP contribution >= 0.6 is 0 Å². The molecule has 3 rings (SSSR count). The average Bonchev–Trinajstić information content (AvgIpc) is 3.14. The predicted molar refractivity (Wildman–Crippen MR) is 75.9 cm³/mol. The topological polar surface area (TPSA) is 78.9 Å². The Morgan fingerprint density at radius 2 is 2.10 bits per heavy atom. The van der Waals surface area contributed by atoms with E-state index in [4.69, 9.17) is 4.74 Å². The summed E-state index contributed by atoms with van der Waals surface area (Å²) in [5, 5.41) is 12.4. The summed E-state index contributed by atoms with van der Waals surface area (Å²) in [5.74, 6) is -0.384. The van der Waals surface area contributed by atoms with E-state index in [1.807, 2.05) is 6.92 Å². The van der Waals surface area contributed by atoms with Crippen molar-refractivity contribution in [1.82, 2.24) is 10.2 Å². The summed E-state index contributed by atoms with van der Waals surface area (Å²) in [6.07, 6.45) is 5.08. The number of hydrogen-bond acceptors (Lipinski definition) is 3. The van der Waals surface area contributed by atoms with Crippen LogP contribution in [-0.2, 0) is 9.53 Å². The smallest absolute Gasteiger partial charge is 0.326 e. The zero-order chi connectivity index (χ0) is 15.0. The van der Waals surface area contributed by atoms with Crippen molar-refractivity contribution in [3.63, 3.8) is 0 Å². The van der Waals surface area contributed by atoms with Crippen molar-refractivity contribution < 1.29 is 19.4 Å². The lowest BCUT2D eigenvalue weighted by atomic mass is 9.94. The Bertz CT molecular complexity index is 422. The first kappa shape index (κ1) is 14.6. The Hall–Kier alpha value is -1.30. The van der Waals surface area contributed by atoms with Crippen LogP contribution in [0.25, 0.3) is 0 Å². The number of carbonyl (C=O) groups excluding carboxylic acids is 1. The number of aliphatic carboxylic acids is 1. The Labute approximate surface area is 124 Å². The van der Waals surface area contributed by atoms with Crippen molar-refractivity contribution in [2.24, 2.45) is 11.8 Å². The predicted octanol–water partition coefficient (Wildman–Crippen LogP) is 1.45.